The number of hydrogen-bond acceptors (Lipinski definition) is 13. The highest BCUT2D eigenvalue weighted by atomic mass is 31.2. The predicted octanol–water partition coefficient (Wildman–Crippen LogP) is 7.97. The smallest absolute Gasteiger partial charge is 0.462 e. The molecule has 16 nitrogen and oxygen atoms in total. The van der Waals surface area contributed by atoms with Gasteiger partial charge in [0.1, 0.15) is 12.7 Å². The molecule has 1 aliphatic carbocycles. The lowest BCUT2D eigenvalue weighted by molar-refractivity contribution is -0.161. The number of phosphoric ester groups is 2. The van der Waals surface area contributed by atoms with Crippen LogP contribution in [-0.4, -0.2) is 104 Å². The molecule has 0 spiro atoms. The molecule has 1 fully saturated rings. The van der Waals surface area contributed by atoms with Gasteiger partial charge in [-0.1, -0.05) is 142 Å². The average molecular weight is 917 g/mol. The summed E-state index contributed by atoms with van der Waals surface area (Å²) < 4.78 is 47.9. The molecule has 0 heterocycles. The highest BCUT2D eigenvalue weighted by Crippen LogP contribution is 2.44. The van der Waals surface area contributed by atoms with Gasteiger partial charge in [0, 0.05) is 25.2 Å². The van der Waals surface area contributed by atoms with Crippen LogP contribution in [-0.2, 0) is 41.8 Å². The van der Waals surface area contributed by atoms with E-state index in [4.69, 9.17) is 23.8 Å². The summed E-state index contributed by atoms with van der Waals surface area (Å²) in [5.74, 6) is -0.779. The van der Waals surface area contributed by atoms with Crippen LogP contribution < -0.4 is 0 Å². The molecule has 360 valence electrons. The van der Waals surface area contributed by atoms with E-state index in [2.05, 4.69) is 29.8 Å². The molecule has 7 N–H and O–H groups in total. The first-order valence-corrected chi connectivity index (χ1v) is 26.0. The highest BCUT2D eigenvalue weighted by Gasteiger charge is 2.39. The van der Waals surface area contributed by atoms with E-state index in [-0.39, 0.29) is 31.1 Å². The zero-order valence-electron chi connectivity index (χ0n) is 37.3. The lowest BCUT2D eigenvalue weighted by Gasteiger charge is -2.21. The molecular formula is C43H82O16P2. The number of aliphatic hydroxyl groups excluding tert-OH is 4. The van der Waals surface area contributed by atoms with Crippen molar-refractivity contribution < 1.29 is 76.9 Å². The van der Waals surface area contributed by atoms with Crippen molar-refractivity contribution in [2.24, 2.45) is 17.8 Å². The minimum absolute atomic E-state index is 0.00778. The van der Waals surface area contributed by atoms with Crippen LogP contribution in [0.2, 0.25) is 0 Å². The molecule has 18 heteroatoms. The number of hydrogen-bond donors (Lipinski definition) is 7. The number of ether oxygens (including phenoxy) is 2. The van der Waals surface area contributed by atoms with Gasteiger partial charge in [-0.05, 0) is 37.5 Å². The summed E-state index contributed by atoms with van der Waals surface area (Å²) in [6.07, 6.45) is 19.9. The maximum atomic E-state index is 12.8. The number of rotatable bonds is 39. The molecule has 0 aromatic heterocycles. The second-order valence-corrected chi connectivity index (χ2v) is 19.8. The Kier molecular flexibility index (Phi) is 32.3. The van der Waals surface area contributed by atoms with Gasteiger partial charge in [-0.15, -0.1) is 0 Å². The number of esters is 2. The van der Waals surface area contributed by atoms with E-state index in [1.54, 1.807) is 6.08 Å². The summed E-state index contributed by atoms with van der Waals surface area (Å²) >= 11 is 0. The van der Waals surface area contributed by atoms with Gasteiger partial charge in [-0.2, -0.15) is 0 Å². The molecule has 61 heavy (non-hydrogen) atoms. The lowest BCUT2D eigenvalue weighted by Crippen LogP contribution is -2.30. The van der Waals surface area contributed by atoms with Crippen LogP contribution in [0.15, 0.2) is 12.2 Å². The monoisotopic (exact) mass is 917 g/mol. The summed E-state index contributed by atoms with van der Waals surface area (Å²) in [5, 5.41) is 41.2. The van der Waals surface area contributed by atoms with Gasteiger partial charge >= 0.3 is 27.6 Å². The molecule has 1 rings (SSSR count). The summed E-state index contributed by atoms with van der Waals surface area (Å²) in [7, 11) is -9.76. The van der Waals surface area contributed by atoms with Crippen molar-refractivity contribution in [1.29, 1.82) is 0 Å². The van der Waals surface area contributed by atoms with E-state index >= 15 is 0 Å². The minimum atomic E-state index is -4.89. The van der Waals surface area contributed by atoms with Crippen LogP contribution in [0, 0.1) is 17.8 Å². The van der Waals surface area contributed by atoms with Gasteiger partial charge in [-0.25, -0.2) is 9.13 Å². The normalized spacial score (nSPS) is 20.8. The molecule has 1 saturated carbocycles. The fourth-order valence-electron chi connectivity index (χ4n) is 7.39. The Labute approximate surface area is 365 Å². The van der Waals surface area contributed by atoms with Crippen molar-refractivity contribution in [3.63, 3.8) is 0 Å². The van der Waals surface area contributed by atoms with E-state index < -0.39 is 84.5 Å². The van der Waals surface area contributed by atoms with Gasteiger partial charge < -0.3 is 44.6 Å². The molecule has 0 amide bonds. The van der Waals surface area contributed by atoms with Gasteiger partial charge in [0.2, 0.25) is 0 Å². The number of unbranched alkanes of at least 4 members (excludes halogenated alkanes) is 15. The summed E-state index contributed by atoms with van der Waals surface area (Å²) in [6, 6.07) is 0. The minimum Gasteiger partial charge on any atom is -0.462 e. The van der Waals surface area contributed by atoms with Crippen LogP contribution in [0.5, 0.6) is 0 Å². The van der Waals surface area contributed by atoms with Gasteiger partial charge in [0.15, 0.2) is 6.10 Å². The Balaban J connectivity index is 2.53. The van der Waals surface area contributed by atoms with Crippen LogP contribution in [0.4, 0.5) is 0 Å². The first-order chi connectivity index (χ1) is 28.9. The summed E-state index contributed by atoms with van der Waals surface area (Å²) in [6.45, 7) is 3.73. The van der Waals surface area contributed by atoms with Gasteiger partial charge in [0.05, 0.1) is 38.1 Å². The van der Waals surface area contributed by atoms with E-state index in [0.717, 1.165) is 57.3 Å². The Morgan fingerprint density at radius 3 is 1.77 bits per heavy atom. The molecule has 0 saturated heterocycles. The van der Waals surface area contributed by atoms with Crippen molar-refractivity contribution >= 4 is 27.6 Å². The van der Waals surface area contributed by atoms with Crippen molar-refractivity contribution in [2.75, 3.05) is 26.4 Å². The van der Waals surface area contributed by atoms with Crippen LogP contribution in [0.3, 0.4) is 0 Å². The Morgan fingerprint density at radius 1 is 0.656 bits per heavy atom. The third kappa shape index (κ3) is 32.1. The zero-order valence-corrected chi connectivity index (χ0v) is 39.1. The predicted molar refractivity (Wildman–Crippen MR) is 232 cm³/mol. The lowest BCUT2D eigenvalue weighted by atomic mass is 9.88. The molecule has 0 bridgehead atoms. The first kappa shape index (κ1) is 57.8. The van der Waals surface area contributed by atoms with Crippen molar-refractivity contribution in [3.8, 4) is 0 Å². The maximum Gasteiger partial charge on any atom is 0.472 e. The molecule has 0 aromatic carbocycles. The second kappa shape index (κ2) is 34.1. The maximum absolute atomic E-state index is 12.8. The fourth-order valence-corrected chi connectivity index (χ4v) is 8.55. The van der Waals surface area contributed by atoms with Crippen molar-refractivity contribution in [2.45, 2.75) is 205 Å². The Morgan fingerprint density at radius 2 is 1.18 bits per heavy atom. The van der Waals surface area contributed by atoms with E-state index in [0.29, 0.717) is 32.1 Å². The number of phosphoric acid groups is 2. The number of aliphatic hydroxyl groups is 4. The Bertz CT molecular complexity index is 1260. The molecule has 8 atom stereocenters. The summed E-state index contributed by atoms with van der Waals surface area (Å²) in [4.78, 5) is 53.0. The van der Waals surface area contributed by atoms with Gasteiger partial charge in [0.25, 0.3) is 0 Å². The van der Waals surface area contributed by atoms with Crippen molar-refractivity contribution in [3.05, 3.63) is 12.2 Å². The molecule has 0 aromatic rings. The number of carbonyl (C=O) groups excluding carboxylic acids is 2. The van der Waals surface area contributed by atoms with Crippen molar-refractivity contribution in [1.82, 2.24) is 0 Å². The van der Waals surface area contributed by atoms with Crippen LogP contribution >= 0.6 is 15.6 Å². The standard InChI is InChI=1S/C43H82O16P2/c1-4-5-17-23-35(44)27-28-39-38(40(46)29-41(39)47)24-19-15-16-21-26-43(49)59-37(33-58-61(53,54)57-31-36(45)30-56-60(50,51)52)32-55-42(48)25-20-14-12-10-8-6-7-9-11-13-18-22-34(2)3/h27-28,34-41,44-47H,4-26,29-33H2,1-3H3,(H,53,54)(H2,50,51,52)/b28-27+/t35-,36-,37+,38+,39+,40-,41+/m0/s1. The third-order valence-electron chi connectivity index (χ3n) is 10.9. The molecule has 1 aliphatic rings. The SMILES string of the molecule is CCCCC[C@H](O)/C=C/[C@@H]1[C@@H](CCCCCCC(=O)O[C@H](COC(=O)CCCCCCCCCCCCCC(C)C)COP(=O)(O)OC[C@@H](O)COP(=O)(O)O)[C@@H](O)C[C@H]1O. The Hall–Kier alpha value is -1.26. The van der Waals surface area contributed by atoms with Gasteiger partial charge in [-0.3, -0.25) is 23.2 Å². The zero-order chi connectivity index (χ0) is 45.5. The van der Waals surface area contributed by atoms with E-state index in [9.17, 15) is 44.0 Å². The largest absolute Gasteiger partial charge is 0.472 e. The third-order valence-corrected chi connectivity index (χ3v) is 12.4. The quantitative estimate of drug-likeness (QED) is 0.0134. The fraction of sp³-hybridized carbons (Fsp3) is 0.907. The molecular weight excluding hydrogens is 834 g/mol. The van der Waals surface area contributed by atoms with Crippen LogP contribution in [0.25, 0.3) is 0 Å². The van der Waals surface area contributed by atoms with E-state index in [1.807, 2.05) is 6.08 Å². The first-order valence-electron chi connectivity index (χ1n) is 23.0. The summed E-state index contributed by atoms with van der Waals surface area (Å²) in [5.41, 5.74) is 0. The molecule has 0 radical (unpaired) electrons. The number of carbonyl (C=O) groups is 2. The average Bonchev–Trinajstić information content (AvgIpc) is 3.46. The topological polar surface area (TPSA) is 256 Å². The highest BCUT2D eigenvalue weighted by molar-refractivity contribution is 7.47. The second-order valence-electron chi connectivity index (χ2n) is 17.1. The molecule has 0 aliphatic heterocycles. The molecule has 1 unspecified atom stereocenters. The van der Waals surface area contributed by atoms with Crippen LogP contribution in [0.1, 0.15) is 175 Å². The van der Waals surface area contributed by atoms with E-state index in [1.165, 1.54) is 51.4 Å².